The first-order chi connectivity index (χ1) is 13.5. The molecule has 28 heavy (non-hydrogen) atoms. The van der Waals surface area contributed by atoms with E-state index in [2.05, 4.69) is 0 Å². The number of rotatable bonds is 7. The van der Waals surface area contributed by atoms with Gasteiger partial charge in [-0.2, -0.15) is 0 Å². The molecule has 2 N–H and O–H groups in total. The summed E-state index contributed by atoms with van der Waals surface area (Å²) in [5.74, 6) is 0.390. The zero-order valence-corrected chi connectivity index (χ0v) is 15.6. The highest BCUT2D eigenvalue weighted by Crippen LogP contribution is 2.29. The Kier molecular flexibility index (Phi) is 6.86. The van der Waals surface area contributed by atoms with Crippen LogP contribution in [0.15, 0.2) is 48.5 Å². The van der Waals surface area contributed by atoms with E-state index in [-0.39, 0.29) is 13.0 Å². The molecule has 3 rings (SSSR count). The fraction of sp³-hybridized carbons (Fsp3) is 0.381. The number of carbonyl (C=O) groups is 1. The Morgan fingerprint density at radius 1 is 1.11 bits per heavy atom. The molecule has 150 valence electrons. The van der Waals surface area contributed by atoms with Crippen molar-refractivity contribution in [3.63, 3.8) is 0 Å². The molecule has 1 saturated heterocycles. The highest BCUT2D eigenvalue weighted by atomic mass is 16.6. The minimum absolute atomic E-state index is 0.0540. The molecule has 0 aromatic heterocycles. The quantitative estimate of drug-likeness (QED) is 0.703. The standard InChI is InChI=1S/C21H24O7/c1-25-19-9-15(7-8-18(19)26-12-14-5-3-2-4-6-14)21(24)27-13-17-10-16(22)11-20(23)28-17/h2-9,16-17,20,22-23H,10-13H2,1H3. The van der Waals surface area contributed by atoms with Crippen LogP contribution in [0.4, 0.5) is 0 Å². The number of carbonyl (C=O) groups excluding carboxylic acids is 1. The number of benzene rings is 2. The van der Waals surface area contributed by atoms with Crippen LogP contribution in [-0.4, -0.2) is 48.4 Å². The summed E-state index contributed by atoms with van der Waals surface area (Å²) in [6.07, 6.45) is -1.80. The normalized spacial score (nSPS) is 21.8. The Labute approximate surface area is 163 Å². The van der Waals surface area contributed by atoms with Crippen LogP contribution in [0, 0.1) is 0 Å². The number of esters is 1. The molecule has 1 fully saturated rings. The van der Waals surface area contributed by atoms with Gasteiger partial charge in [0.25, 0.3) is 0 Å². The summed E-state index contributed by atoms with van der Waals surface area (Å²) < 4.78 is 21.6. The van der Waals surface area contributed by atoms with Crippen LogP contribution in [0.1, 0.15) is 28.8 Å². The van der Waals surface area contributed by atoms with Crippen molar-refractivity contribution in [3.05, 3.63) is 59.7 Å². The molecule has 2 aromatic carbocycles. The summed E-state index contributed by atoms with van der Waals surface area (Å²) in [6, 6.07) is 14.5. The highest BCUT2D eigenvalue weighted by molar-refractivity contribution is 5.90. The number of methoxy groups -OCH3 is 1. The van der Waals surface area contributed by atoms with Gasteiger partial charge in [-0.05, 0) is 23.8 Å². The molecular formula is C21H24O7. The van der Waals surface area contributed by atoms with Gasteiger partial charge in [0.15, 0.2) is 17.8 Å². The van der Waals surface area contributed by atoms with Crippen LogP contribution in [-0.2, 0) is 16.1 Å². The van der Waals surface area contributed by atoms with E-state index in [4.69, 9.17) is 18.9 Å². The summed E-state index contributed by atoms with van der Waals surface area (Å²) in [5.41, 5.74) is 1.32. The zero-order chi connectivity index (χ0) is 19.9. The van der Waals surface area contributed by atoms with Crippen LogP contribution >= 0.6 is 0 Å². The van der Waals surface area contributed by atoms with Crippen molar-refractivity contribution >= 4 is 5.97 Å². The predicted octanol–water partition coefficient (Wildman–Crippen LogP) is 2.29. The lowest BCUT2D eigenvalue weighted by molar-refractivity contribution is -0.197. The first kappa shape index (κ1) is 20.1. The van der Waals surface area contributed by atoms with Crippen LogP contribution < -0.4 is 9.47 Å². The van der Waals surface area contributed by atoms with Gasteiger partial charge in [0.1, 0.15) is 13.2 Å². The van der Waals surface area contributed by atoms with E-state index in [0.717, 1.165) is 5.56 Å². The average molecular weight is 388 g/mol. The Bertz CT molecular complexity index is 768. The second-order valence-electron chi connectivity index (χ2n) is 6.58. The number of aliphatic hydroxyl groups excluding tert-OH is 2. The topological polar surface area (TPSA) is 94.5 Å². The molecule has 0 amide bonds. The molecule has 1 heterocycles. The van der Waals surface area contributed by atoms with E-state index >= 15 is 0 Å². The van der Waals surface area contributed by atoms with E-state index in [0.29, 0.717) is 30.1 Å². The van der Waals surface area contributed by atoms with Crippen molar-refractivity contribution in [2.75, 3.05) is 13.7 Å². The lowest BCUT2D eigenvalue weighted by Crippen LogP contribution is -2.38. The number of hydrogen-bond acceptors (Lipinski definition) is 7. The van der Waals surface area contributed by atoms with Crippen LogP contribution in [0.5, 0.6) is 11.5 Å². The molecule has 7 nitrogen and oxygen atoms in total. The Balaban J connectivity index is 1.58. The lowest BCUT2D eigenvalue weighted by Gasteiger charge is -2.29. The molecule has 0 aliphatic carbocycles. The molecule has 1 aliphatic rings. The molecule has 0 saturated carbocycles. The van der Waals surface area contributed by atoms with Crippen molar-refractivity contribution in [2.24, 2.45) is 0 Å². The van der Waals surface area contributed by atoms with E-state index in [1.54, 1.807) is 18.2 Å². The number of aliphatic hydroxyl groups is 2. The molecule has 0 radical (unpaired) electrons. The van der Waals surface area contributed by atoms with Gasteiger partial charge in [-0.25, -0.2) is 4.79 Å². The molecule has 3 atom stereocenters. The van der Waals surface area contributed by atoms with Crippen molar-refractivity contribution < 1.29 is 34.0 Å². The van der Waals surface area contributed by atoms with Gasteiger partial charge >= 0.3 is 5.97 Å². The third-order valence-electron chi connectivity index (χ3n) is 4.40. The molecule has 0 spiro atoms. The second-order valence-corrected chi connectivity index (χ2v) is 6.58. The first-order valence-corrected chi connectivity index (χ1v) is 9.08. The summed E-state index contributed by atoms with van der Waals surface area (Å²) >= 11 is 0. The van der Waals surface area contributed by atoms with Gasteiger partial charge in [0.2, 0.25) is 0 Å². The highest BCUT2D eigenvalue weighted by Gasteiger charge is 2.28. The third kappa shape index (κ3) is 5.45. The minimum Gasteiger partial charge on any atom is -0.493 e. The van der Waals surface area contributed by atoms with E-state index < -0.39 is 24.5 Å². The molecule has 1 aliphatic heterocycles. The molecule has 3 unspecified atom stereocenters. The fourth-order valence-electron chi connectivity index (χ4n) is 2.97. The average Bonchev–Trinajstić information content (AvgIpc) is 2.70. The van der Waals surface area contributed by atoms with Crippen molar-refractivity contribution in [3.8, 4) is 11.5 Å². The number of ether oxygens (including phenoxy) is 4. The van der Waals surface area contributed by atoms with Crippen LogP contribution in [0.3, 0.4) is 0 Å². The van der Waals surface area contributed by atoms with E-state index in [1.807, 2.05) is 30.3 Å². The minimum atomic E-state index is -1.05. The zero-order valence-electron chi connectivity index (χ0n) is 15.6. The maximum Gasteiger partial charge on any atom is 0.338 e. The molecular weight excluding hydrogens is 364 g/mol. The SMILES string of the molecule is COc1cc(C(=O)OCC2CC(O)CC(O)O2)ccc1OCc1ccccc1. The van der Waals surface area contributed by atoms with Gasteiger partial charge in [-0.15, -0.1) is 0 Å². The van der Waals surface area contributed by atoms with Crippen LogP contribution in [0.2, 0.25) is 0 Å². The maximum absolute atomic E-state index is 12.3. The largest absolute Gasteiger partial charge is 0.493 e. The summed E-state index contributed by atoms with van der Waals surface area (Å²) in [4.78, 5) is 12.3. The number of hydrogen-bond donors (Lipinski definition) is 2. The second kappa shape index (κ2) is 9.54. The van der Waals surface area contributed by atoms with E-state index in [1.165, 1.54) is 7.11 Å². The Morgan fingerprint density at radius 2 is 1.89 bits per heavy atom. The molecule has 7 heteroatoms. The first-order valence-electron chi connectivity index (χ1n) is 9.08. The summed E-state index contributed by atoms with van der Waals surface area (Å²) in [5, 5.41) is 19.2. The van der Waals surface area contributed by atoms with Gasteiger partial charge in [-0.1, -0.05) is 30.3 Å². The van der Waals surface area contributed by atoms with Crippen molar-refractivity contribution in [2.45, 2.75) is 37.9 Å². The third-order valence-corrected chi connectivity index (χ3v) is 4.40. The smallest absolute Gasteiger partial charge is 0.338 e. The molecule has 2 aromatic rings. The lowest BCUT2D eigenvalue weighted by atomic mass is 10.1. The summed E-state index contributed by atoms with van der Waals surface area (Å²) in [6.45, 7) is 0.326. The van der Waals surface area contributed by atoms with Gasteiger partial charge in [0.05, 0.1) is 24.9 Å². The molecule has 0 bridgehead atoms. The van der Waals surface area contributed by atoms with Gasteiger partial charge in [0, 0.05) is 12.8 Å². The summed E-state index contributed by atoms with van der Waals surface area (Å²) in [7, 11) is 1.50. The van der Waals surface area contributed by atoms with E-state index in [9.17, 15) is 15.0 Å². The van der Waals surface area contributed by atoms with Gasteiger partial charge in [-0.3, -0.25) is 0 Å². The van der Waals surface area contributed by atoms with Crippen LogP contribution in [0.25, 0.3) is 0 Å². The monoisotopic (exact) mass is 388 g/mol. The van der Waals surface area contributed by atoms with Crippen molar-refractivity contribution in [1.29, 1.82) is 0 Å². The van der Waals surface area contributed by atoms with Crippen molar-refractivity contribution in [1.82, 2.24) is 0 Å². The Morgan fingerprint density at radius 3 is 2.61 bits per heavy atom. The predicted molar refractivity (Wildman–Crippen MR) is 100 cm³/mol. The fourth-order valence-corrected chi connectivity index (χ4v) is 2.97. The maximum atomic E-state index is 12.3. The van der Waals surface area contributed by atoms with Gasteiger partial charge < -0.3 is 29.2 Å². The Hall–Kier alpha value is -2.61.